The van der Waals surface area contributed by atoms with Crippen molar-refractivity contribution in [3.63, 3.8) is 0 Å². The van der Waals surface area contributed by atoms with E-state index in [1.54, 1.807) is 31.4 Å². The second-order valence-electron chi connectivity index (χ2n) is 4.92. The lowest BCUT2D eigenvalue weighted by Crippen LogP contribution is -2.03. The van der Waals surface area contributed by atoms with Crippen LogP contribution in [0.1, 0.15) is 18.9 Å². The summed E-state index contributed by atoms with van der Waals surface area (Å²) in [4.78, 5) is 0. The normalized spacial score (nSPS) is 10.5. The Hall–Kier alpha value is -1.29. The third-order valence-corrected chi connectivity index (χ3v) is 4.11. The maximum Gasteiger partial charge on any atom is 0.162 e. The van der Waals surface area contributed by atoms with Crippen LogP contribution in [0.3, 0.4) is 0 Å². The molecule has 0 unspecified atom stereocenters. The summed E-state index contributed by atoms with van der Waals surface area (Å²) in [7, 11) is 1.60. The van der Waals surface area contributed by atoms with E-state index < -0.39 is 0 Å². The maximum absolute atomic E-state index is 6.34. The number of nitrogens with one attached hydrogen (secondary N) is 1. The molecule has 23 heavy (non-hydrogen) atoms. The van der Waals surface area contributed by atoms with Crippen LogP contribution in [0.4, 0.5) is 5.69 Å². The first-order valence-electron chi connectivity index (χ1n) is 7.23. The van der Waals surface area contributed by atoms with E-state index in [0.717, 1.165) is 17.7 Å². The monoisotopic (exact) mass is 373 g/mol. The van der Waals surface area contributed by atoms with Gasteiger partial charge in [-0.1, -0.05) is 41.7 Å². The van der Waals surface area contributed by atoms with Crippen LogP contribution in [0.5, 0.6) is 11.5 Å². The number of methoxy groups -OCH3 is 1. The van der Waals surface area contributed by atoms with Crippen molar-refractivity contribution in [2.75, 3.05) is 19.0 Å². The Labute approximate surface area is 151 Å². The van der Waals surface area contributed by atoms with Gasteiger partial charge in [0.05, 0.1) is 24.4 Å². The fourth-order valence-electron chi connectivity index (χ4n) is 2.02. The van der Waals surface area contributed by atoms with Crippen LogP contribution < -0.4 is 14.8 Å². The molecule has 0 atom stereocenters. The summed E-state index contributed by atoms with van der Waals surface area (Å²) in [5.74, 6) is 1.29. The molecule has 3 nitrogen and oxygen atoms in total. The van der Waals surface area contributed by atoms with Crippen LogP contribution >= 0.6 is 34.8 Å². The lowest BCUT2D eigenvalue weighted by Gasteiger charge is -2.15. The van der Waals surface area contributed by atoms with Crippen LogP contribution in [-0.4, -0.2) is 13.7 Å². The van der Waals surface area contributed by atoms with E-state index in [0.29, 0.717) is 39.7 Å². The van der Waals surface area contributed by atoms with Gasteiger partial charge in [-0.05, 0) is 36.2 Å². The van der Waals surface area contributed by atoms with Crippen LogP contribution in [0.25, 0.3) is 0 Å². The van der Waals surface area contributed by atoms with Gasteiger partial charge < -0.3 is 14.8 Å². The van der Waals surface area contributed by atoms with Crippen molar-refractivity contribution < 1.29 is 9.47 Å². The Kier molecular flexibility index (Phi) is 6.70. The Morgan fingerprint density at radius 2 is 1.78 bits per heavy atom. The fraction of sp³-hybridized carbons (Fsp3) is 0.294. The highest BCUT2D eigenvalue weighted by molar-refractivity contribution is 6.35. The molecule has 0 aliphatic heterocycles. The molecule has 6 heteroatoms. The topological polar surface area (TPSA) is 30.5 Å². The molecule has 0 bridgehead atoms. The van der Waals surface area contributed by atoms with E-state index in [-0.39, 0.29) is 0 Å². The molecular weight excluding hydrogens is 357 g/mol. The second-order valence-corrected chi connectivity index (χ2v) is 6.17. The van der Waals surface area contributed by atoms with Crippen molar-refractivity contribution in [1.29, 1.82) is 0 Å². The second kappa shape index (κ2) is 8.53. The molecule has 0 radical (unpaired) electrons. The third kappa shape index (κ3) is 4.84. The van der Waals surface area contributed by atoms with Gasteiger partial charge in [0.2, 0.25) is 0 Å². The van der Waals surface area contributed by atoms with E-state index in [2.05, 4.69) is 5.32 Å². The molecule has 0 amide bonds. The van der Waals surface area contributed by atoms with Crippen molar-refractivity contribution in [3.05, 3.63) is 51.0 Å². The Bertz CT molecular complexity index is 677. The van der Waals surface area contributed by atoms with Crippen LogP contribution in [0, 0.1) is 0 Å². The minimum absolute atomic E-state index is 0.489. The summed E-state index contributed by atoms with van der Waals surface area (Å²) in [5, 5.41) is 5.04. The molecule has 1 N–H and O–H groups in total. The number of ether oxygens (including phenoxy) is 2. The van der Waals surface area contributed by atoms with Gasteiger partial charge in [-0.3, -0.25) is 0 Å². The summed E-state index contributed by atoms with van der Waals surface area (Å²) >= 11 is 18.5. The zero-order chi connectivity index (χ0) is 16.8. The standard InChI is InChI=1S/C17H18Cl3NO2/c1-3-6-23-17-9-14(20)11(7-16(17)22-2)10-21-15-8-12(18)4-5-13(15)19/h4-5,7-9,21H,3,6,10H2,1-2H3. The van der Waals surface area contributed by atoms with Gasteiger partial charge in [0.15, 0.2) is 11.5 Å². The summed E-state index contributed by atoms with van der Waals surface area (Å²) in [6.07, 6.45) is 0.914. The number of benzene rings is 2. The minimum atomic E-state index is 0.489. The first kappa shape index (κ1) is 18.1. The van der Waals surface area contributed by atoms with Gasteiger partial charge in [-0.15, -0.1) is 0 Å². The third-order valence-electron chi connectivity index (χ3n) is 3.19. The minimum Gasteiger partial charge on any atom is -0.493 e. The largest absolute Gasteiger partial charge is 0.493 e. The van der Waals surface area contributed by atoms with E-state index in [4.69, 9.17) is 44.3 Å². The van der Waals surface area contributed by atoms with Crippen molar-refractivity contribution in [2.24, 2.45) is 0 Å². The fourth-order valence-corrected chi connectivity index (χ4v) is 2.60. The molecule has 124 valence electrons. The van der Waals surface area contributed by atoms with Crippen LogP contribution in [0.15, 0.2) is 30.3 Å². The highest BCUT2D eigenvalue weighted by Crippen LogP contribution is 2.34. The highest BCUT2D eigenvalue weighted by Gasteiger charge is 2.11. The van der Waals surface area contributed by atoms with Crippen molar-refractivity contribution in [2.45, 2.75) is 19.9 Å². The summed E-state index contributed by atoms with van der Waals surface area (Å²) in [6, 6.07) is 8.89. The van der Waals surface area contributed by atoms with Gasteiger partial charge >= 0.3 is 0 Å². The molecule has 0 aromatic heterocycles. The number of hydrogen-bond donors (Lipinski definition) is 1. The average Bonchev–Trinajstić information content (AvgIpc) is 2.54. The number of anilines is 1. The molecule has 2 aromatic rings. The molecule has 0 saturated carbocycles. The van der Waals surface area contributed by atoms with Gasteiger partial charge in [-0.25, -0.2) is 0 Å². The Morgan fingerprint density at radius 1 is 1.00 bits per heavy atom. The number of halogens is 3. The van der Waals surface area contributed by atoms with Gasteiger partial charge in [0, 0.05) is 22.7 Å². The Balaban J connectivity index is 2.18. The van der Waals surface area contributed by atoms with Crippen LogP contribution in [0.2, 0.25) is 15.1 Å². The highest BCUT2D eigenvalue weighted by atomic mass is 35.5. The predicted octanol–water partition coefficient (Wildman–Crippen LogP) is 6.06. The van der Waals surface area contributed by atoms with E-state index in [1.165, 1.54) is 0 Å². The van der Waals surface area contributed by atoms with Gasteiger partial charge in [0.25, 0.3) is 0 Å². The zero-order valence-corrected chi connectivity index (χ0v) is 15.2. The van der Waals surface area contributed by atoms with Gasteiger partial charge in [-0.2, -0.15) is 0 Å². The summed E-state index contributed by atoms with van der Waals surface area (Å²) < 4.78 is 11.0. The average molecular weight is 375 g/mol. The number of rotatable bonds is 7. The van der Waals surface area contributed by atoms with Crippen molar-refractivity contribution in [3.8, 4) is 11.5 Å². The molecule has 0 aliphatic carbocycles. The lowest BCUT2D eigenvalue weighted by atomic mass is 10.2. The Morgan fingerprint density at radius 3 is 2.48 bits per heavy atom. The van der Waals surface area contributed by atoms with Gasteiger partial charge in [0.1, 0.15) is 0 Å². The predicted molar refractivity (Wildman–Crippen MR) is 97.6 cm³/mol. The summed E-state index contributed by atoms with van der Waals surface area (Å²) in [6.45, 7) is 3.15. The smallest absolute Gasteiger partial charge is 0.162 e. The lowest BCUT2D eigenvalue weighted by molar-refractivity contribution is 0.294. The maximum atomic E-state index is 6.34. The molecule has 0 spiro atoms. The number of hydrogen-bond acceptors (Lipinski definition) is 3. The van der Waals surface area contributed by atoms with Crippen molar-refractivity contribution in [1.82, 2.24) is 0 Å². The molecule has 0 saturated heterocycles. The molecule has 0 aliphatic rings. The van der Waals surface area contributed by atoms with Crippen LogP contribution in [-0.2, 0) is 6.54 Å². The first-order valence-corrected chi connectivity index (χ1v) is 8.36. The summed E-state index contributed by atoms with van der Waals surface area (Å²) in [5.41, 5.74) is 1.63. The SMILES string of the molecule is CCCOc1cc(Cl)c(CNc2cc(Cl)ccc2Cl)cc1OC. The van der Waals surface area contributed by atoms with E-state index in [1.807, 2.05) is 13.0 Å². The van der Waals surface area contributed by atoms with E-state index >= 15 is 0 Å². The molecule has 0 heterocycles. The first-order chi connectivity index (χ1) is 11.0. The molecule has 0 fully saturated rings. The molecular formula is C17H18Cl3NO2. The zero-order valence-electron chi connectivity index (χ0n) is 13.0. The molecule has 2 rings (SSSR count). The molecule has 2 aromatic carbocycles. The van der Waals surface area contributed by atoms with Crippen molar-refractivity contribution >= 4 is 40.5 Å². The van der Waals surface area contributed by atoms with E-state index in [9.17, 15) is 0 Å². The quantitative estimate of drug-likeness (QED) is 0.639.